The summed E-state index contributed by atoms with van der Waals surface area (Å²) in [4.78, 5) is 0. The Kier molecular flexibility index (Phi) is 5.01. The Bertz CT molecular complexity index is 1070. The molecule has 0 aliphatic heterocycles. The fourth-order valence-corrected chi connectivity index (χ4v) is 4.31. The molecule has 1 aromatic heterocycles. The zero-order valence-corrected chi connectivity index (χ0v) is 18.3. The predicted molar refractivity (Wildman–Crippen MR) is 120 cm³/mol. The van der Waals surface area contributed by atoms with E-state index in [4.69, 9.17) is 0 Å². The molecule has 0 bridgehead atoms. The SMILES string of the molecule is Cc1ccccc1NC(C(C)O)n1c2ccc(Br)cc2c2cc(Br)ccc21. The second-order valence-corrected chi connectivity index (χ2v) is 8.67. The minimum absolute atomic E-state index is 0.298. The van der Waals surface area contributed by atoms with Gasteiger partial charge in [0.05, 0.1) is 17.1 Å². The molecule has 0 saturated carbocycles. The van der Waals surface area contributed by atoms with Gasteiger partial charge in [0, 0.05) is 25.4 Å². The van der Waals surface area contributed by atoms with E-state index in [9.17, 15) is 5.11 Å². The van der Waals surface area contributed by atoms with Gasteiger partial charge in [0.25, 0.3) is 0 Å². The number of fused-ring (bicyclic) bond motifs is 3. The van der Waals surface area contributed by atoms with Gasteiger partial charge in [-0.1, -0.05) is 50.1 Å². The van der Waals surface area contributed by atoms with Crippen molar-refractivity contribution in [2.45, 2.75) is 26.1 Å². The Morgan fingerprint density at radius 3 is 1.96 bits per heavy atom. The molecule has 1 heterocycles. The van der Waals surface area contributed by atoms with Crippen molar-refractivity contribution in [2.24, 2.45) is 0 Å². The molecule has 0 spiro atoms. The van der Waals surface area contributed by atoms with Gasteiger partial charge in [-0.25, -0.2) is 0 Å². The van der Waals surface area contributed by atoms with Crippen LogP contribution in [-0.4, -0.2) is 15.8 Å². The third-order valence-electron chi connectivity index (χ3n) is 4.91. The number of hydrogen-bond acceptors (Lipinski definition) is 2. The molecule has 4 aromatic rings. The van der Waals surface area contributed by atoms with Crippen LogP contribution in [0.1, 0.15) is 18.7 Å². The average Bonchev–Trinajstić information content (AvgIpc) is 2.93. The first-order chi connectivity index (χ1) is 13.0. The number of aryl methyl sites for hydroxylation is 1. The van der Waals surface area contributed by atoms with Gasteiger partial charge in [0.1, 0.15) is 6.17 Å². The summed E-state index contributed by atoms with van der Waals surface area (Å²) >= 11 is 7.18. The van der Waals surface area contributed by atoms with Crippen molar-refractivity contribution in [2.75, 3.05) is 5.32 Å². The number of aliphatic hydroxyl groups excluding tert-OH is 1. The number of anilines is 1. The molecule has 0 saturated heterocycles. The minimum Gasteiger partial charge on any atom is -0.389 e. The highest BCUT2D eigenvalue weighted by molar-refractivity contribution is 9.10. The Hall–Kier alpha value is -1.82. The third-order valence-corrected chi connectivity index (χ3v) is 5.90. The summed E-state index contributed by atoms with van der Waals surface area (Å²) in [5, 5.41) is 16.5. The smallest absolute Gasteiger partial charge is 0.130 e. The second-order valence-electron chi connectivity index (χ2n) is 6.84. The minimum atomic E-state index is -0.587. The number of aromatic nitrogens is 1. The maximum atomic E-state index is 10.7. The van der Waals surface area contributed by atoms with Crippen molar-refractivity contribution >= 4 is 59.4 Å². The molecule has 3 nitrogen and oxygen atoms in total. The fraction of sp³-hybridized carbons (Fsp3) is 0.182. The van der Waals surface area contributed by atoms with E-state index in [-0.39, 0.29) is 6.17 Å². The van der Waals surface area contributed by atoms with Gasteiger partial charge >= 0.3 is 0 Å². The van der Waals surface area contributed by atoms with Crippen LogP contribution in [0.25, 0.3) is 21.8 Å². The van der Waals surface area contributed by atoms with Crippen LogP contribution >= 0.6 is 31.9 Å². The predicted octanol–water partition coefficient (Wildman–Crippen LogP) is 6.62. The number of hydrogen-bond donors (Lipinski definition) is 2. The lowest BCUT2D eigenvalue weighted by molar-refractivity contribution is 0.147. The normalized spacial score (nSPS) is 13.8. The van der Waals surface area contributed by atoms with Crippen molar-refractivity contribution in [3.05, 3.63) is 75.2 Å². The first-order valence-corrected chi connectivity index (χ1v) is 10.4. The molecule has 2 N–H and O–H groups in total. The van der Waals surface area contributed by atoms with Crippen molar-refractivity contribution in [1.82, 2.24) is 4.57 Å². The lowest BCUT2D eigenvalue weighted by Crippen LogP contribution is -2.28. The van der Waals surface area contributed by atoms with E-state index in [0.717, 1.165) is 42.0 Å². The zero-order valence-electron chi connectivity index (χ0n) is 15.1. The Morgan fingerprint density at radius 1 is 0.889 bits per heavy atom. The van der Waals surface area contributed by atoms with Crippen LogP contribution in [0.15, 0.2) is 69.6 Å². The lowest BCUT2D eigenvalue weighted by Gasteiger charge is -2.27. The molecule has 0 amide bonds. The standard InChI is InChI=1S/C22H20Br2N2O/c1-13-5-3-4-6-19(13)25-22(14(2)27)26-20-9-7-15(23)11-17(20)18-12-16(24)8-10-21(18)26/h3-12,14,22,25,27H,1-2H3. The van der Waals surface area contributed by atoms with E-state index in [1.165, 1.54) is 0 Å². The highest BCUT2D eigenvalue weighted by Gasteiger charge is 2.23. The summed E-state index contributed by atoms with van der Waals surface area (Å²) in [6.07, 6.45) is -0.885. The van der Waals surface area contributed by atoms with Crippen molar-refractivity contribution in [3.8, 4) is 0 Å². The quantitative estimate of drug-likeness (QED) is 0.339. The molecule has 0 aliphatic rings. The first-order valence-electron chi connectivity index (χ1n) is 8.84. The van der Waals surface area contributed by atoms with Gasteiger partial charge in [0.15, 0.2) is 0 Å². The molecule has 0 aliphatic carbocycles. The summed E-state index contributed by atoms with van der Waals surface area (Å²) in [5.74, 6) is 0. The fourth-order valence-electron chi connectivity index (χ4n) is 3.59. The van der Waals surface area contributed by atoms with Crippen LogP contribution in [-0.2, 0) is 0 Å². The average molecular weight is 488 g/mol. The van der Waals surface area contributed by atoms with Crippen LogP contribution in [0.5, 0.6) is 0 Å². The molecular formula is C22H20Br2N2O. The third kappa shape index (κ3) is 3.40. The first kappa shape index (κ1) is 18.5. The summed E-state index contributed by atoms with van der Waals surface area (Å²) in [5.41, 5.74) is 4.33. The van der Waals surface area contributed by atoms with Crippen LogP contribution in [0.3, 0.4) is 0 Å². The van der Waals surface area contributed by atoms with Gasteiger partial charge < -0.3 is 15.0 Å². The molecule has 3 aromatic carbocycles. The molecule has 4 rings (SSSR count). The van der Waals surface area contributed by atoms with Crippen LogP contribution in [0.2, 0.25) is 0 Å². The van der Waals surface area contributed by atoms with Crippen molar-refractivity contribution < 1.29 is 5.11 Å². The topological polar surface area (TPSA) is 37.2 Å². The Balaban J connectivity index is 1.97. The van der Waals surface area contributed by atoms with Gasteiger partial charge in [-0.05, 0) is 61.9 Å². The number of halogens is 2. The molecule has 0 fully saturated rings. The van der Waals surface area contributed by atoms with E-state index >= 15 is 0 Å². The largest absolute Gasteiger partial charge is 0.389 e. The number of rotatable bonds is 4. The van der Waals surface area contributed by atoms with E-state index < -0.39 is 6.10 Å². The van der Waals surface area contributed by atoms with Crippen LogP contribution < -0.4 is 5.32 Å². The summed E-state index contributed by atoms with van der Waals surface area (Å²) < 4.78 is 4.27. The highest BCUT2D eigenvalue weighted by atomic mass is 79.9. The lowest BCUT2D eigenvalue weighted by atomic mass is 10.2. The molecule has 2 atom stereocenters. The van der Waals surface area contributed by atoms with Crippen LogP contribution in [0.4, 0.5) is 5.69 Å². The summed E-state index contributed by atoms with van der Waals surface area (Å²) in [7, 11) is 0. The highest BCUT2D eigenvalue weighted by Crippen LogP contribution is 2.36. The van der Waals surface area contributed by atoms with E-state index in [2.05, 4.69) is 79.0 Å². The molecule has 5 heteroatoms. The van der Waals surface area contributed by atoms with E-state index in [0.29, 0.717) is 0 Å². The molecule has 138 valence electrons. The maximum absolute atomic E-state index is 10.7. The summed E-state index contributed by atoms with van der Waals surface area (Å²) in [6, 6.07) is 20.7. The van der Waals surface area contributed by atoms with Crippen molar-refractivity contribution in [1.29, 1.82) is 0 Å². The van der Waals surface area contributed by atoms with Crippen LogP contribution in [0, 0.1) is 6.92 Å². The number of aliphatic hydroxyl groups is 1. The van der Waals surface area contributed by atoms with Gasteiger partial charge in [-0.2, -0.15) is 0 Å². The number of benzene rings is 3. The second kappa shape index (κ2) is 7.30. The van der Waals surface area contributed by atoms with E-state index in [1.807, 2.05) is 37.3 Å². The molecule has 2 unspecified atom stereocenters. The number of para-hydroxylation sites is 1. The number of nitrogens with one attached hydrogen (secondary N) is 1. The molecule has 27 heavy (non-hydrogen) atoms. The Labute approximate surface area is 175 Å². The maximum Gasteiger partial charge on any atom is 0.130 e. The Morgan fingerprint density at radius 2 is 1.44 bits per heavy atom. The van der Waals surface area contributed by atoms with E-state index in [1.54, 1.807) is 0 Å². The zero-order chi connectivity index (χ0) is 19.1. The van der Waals surface area contributed by atoms with Gasteiger partial charge in [-0.15, -0.1) is 0 Å². The van der Waals surface area contributed by atoms with Crippen molar-refractivity contribution in [3.63, 3.8) is 0 Å². The van der Waals surface area contributed by atoms with Gasteiger partial charge in [-0.3, -0.25) is 0 Å². The number of nitrogens with zero attached hydrogens (tertiary/aromatic N) is 1. The summed E-state index contributed by atoms with van der Waals surface area (Å²) in [6.45, 7) is 3.90. The molecular weight excluding hydrogens is 468 g/mol. The monoisotopic (exact) mass is 486 g/mol. The molecule has 0 radical (unpaired) electrons. The van der Waals surface area contributed by atoms with Gasteiger partial charge in [0.2, 0.25) is 0 Å².